The molecule has 0 bridgehead atoms. The van der Waals surface area contributed by atoms with Crippen LogP contribution in [0.4, 0.5) is 0 Å². The van der Waals surface area contributed by atoms with E-state index in [1.54, 1.807) is 0 Å². The maximum Gasteiger partial charge on any atom is 0.127 e. The van der Waals surface area contributed by atoms with Gasteiger partial charge in [-0.05, 0) is 79.9 Å². The first-order valence-electron chi connectivity index (χ1n) is 12.2. The fourth-order valence-electron chi connectivity index (χ4n) is 5.45. The average Bonchev–Trinajstić information content (AvgIpc) is 3.26. The molecule has 2 heterocycles. The lowest BCUT2D eigenvalue weighted by atomic mass is 10.1. The van der Waals surface area contributed by atoms with Crippen LogP contribution in [0.3, 0.4) is 0 Å². The van der Waals surface area contributed by atoms with E-state index in [-0.39, 0.29) is 0 Å². The maximum absolute atomic E-state index is 6.04. The van der Waals surface area contributed by atoms with E-state index in [2.05, 4.69) is 34.1 Å². The molecule has 2 saturated heterocycles. The predicted molar refractivity (Wildman–Crippen MR) is 124 cm³/mol. The summed E-state index contributed by atoms with van der Waals surface area (Å²) >= 11 is 0. The largest absolute Gasteiger partial charge is 0.457 e. The number of hydrogen-bond acceptors (Lipinski definition) is 4. The molecule has 0 spiro atoms. The molecule has 4 nitrogen and oxygen atoms in total. The summed E-state index contributed by atoms with van der Waals surface area (Å²) in [6.07, 6.45) is 5.38. The van der Waals surface area contributed by atoms with Crippen molar-refractivity contribution in [3.05, 3.63) is 60.2 Å². The van der Waals surface area contributed by atoms with Crippen LogP contribution in [0, 0.1) is 17.8 Å². The van der Waals surface area contributed by atoms with Gasteiger partial charge >= 0.3 is 0 Å². The van der Waals surface area contributed by atoms with Crippen LogP contribution < -0.4 is 4.74 Å². The molecule has 5 rings (SSSR count). The second-order valence-electron chi connectivity index (χ2n) is 9.58. The van der Waals surface area contributed by atoms with E-state index in [0.29, 0.717) is 0 Å². The molecule has 3 atom stereocenters. The van der Waals surface area contributed by atoms with Crippen molar-refractivity contribution in [3.63, 3.8) is 0 Å². The highest BCUT2D eigenvalue weighted by Gasteiger charge is 2.55. The fourth-order valence-corrected chi connectivity index (χ4v) is 5.45. The number of likely N-dealkylation sites (tertiary alicyclic amines) is 2. The first-order chi connectivity index (χ1) is 15.3. The van der Waals surface area contributed by atoms with Crippen LogP contribution in [-0.2, 0) is 11.3 Å². The van der Waals surface area contributed by atoms with Crippen molar-refractivity contribution in [2.24, 2.45) is 17.8 Å². The number of hydrogen-bond donors (Lipinski definition) is 0. The summed E-state index contributed by atoms with van der Waals surface area (Å²) in [7, 11) is 0. The summed E-state index contributed by atoms with van der Waals surface area (Å²) in [4.78, 5) is 5.21. The van der Waals surface area contributed by atoms with Gasteiger partial charge in [-0.1, -0.05) is 36.8 Å². The highest BCUT2D eigenvalue weighted by atomic mass is 16.5. The fraction of sp³-hybridized carbons (Fsp3) is 0.556. The Morgan fingerprint density at radius 3 is 2.23 bits per heavy atom. The first-order valence-corrected chi connectivity index (χ1v) is 12.2. The Labute approximate surface area is 187 Å². The van der Waals surface area contributed by atoms with Crippen LogP contribution in [0.1, 0.15) is 31.2 Å². The van der Waals surface area contributed by atoms with E-state index in [9.17, 15) is 0 Å². The summed E-state index contributed by atoms with van der Waals surface area (Å²) < 4.78 is 11.9. The van der Waals surface area contributed by atoms with Crippen molar-refractivity contribution in [1.82, 2.24) is 9.80 Å². The first kappa shape index (κ1) is 21.0. The number of fused-ring (bicyclic) bond motifs is 1. The van der Waals surface area contributed by atoms with Crippen molar-refractivity contribution in [1.29, 1.82) is 0 Å². The molecule has 0 N–H and O–H groups in total. The molecule has 1 aliphatic carbocycles. The van der Waals surface area contributed by atoms with Crippen molar-refractivity contribution < 1.29 is 9.47 Å². The third-order valence-electron chi connectivity index (χ3n) is 7.28. The molecule has 4 heteroatoms. The lowest BCUT2D eigenvalue weighted by molar-refractivity contribution is 0.0967. The summed E-state index contributed by atoms with van der Waals surface area (Å²) in [5.74, 6) is 4.32. The van der Waals surface area contributed by atoms with Gasteiger partial charge in [-0.2, -0.15) is 0 Å². The van der Waals surface area contributed by atoms with Crippen molar-refractivity contribution in [3.8, 4) is 11.5 Å². The quantitative estimate of drug-likeness (QED) is 0.502. The number of rotatable bonds is 10. The van der Waals surface area contributed by atoms with Crippen LogP contribution in [0.25, 0.3) is 0 Å². The second kappa shape index (κ2) is 10.2. The Hall–Kier alpha value is -1.88. The molecular weight excluding hydrogens is 384 g/mol. The number of ether oxygens (including phenoxy) is 2. The Kier molecular flexibility index (Phi) is 6.88. The van der Waals surface area contributed by atoms with E-state index >= 15 is 0 Å². The molecule has 2 aromatic rings. The van der Waals surface area contributed by atoms with E-state index in [1.165, 1.54) is 64.0 Å². The molecule has 31 heavy (non-hydrogen) atoms. The van der Waals surface area contributed by atoms with E-state index in [4.69, 9.17) is 9.47 Å². The average molecular weight is 421 g/mol. The van der Waals surface area contributed by atoms with Crippen LogP contribution in [0.15, 0.2) is 54.6 Å². The van der Waals surface area contributed by atoms with Crippen molar-refractivity contribution >= 4 is 0 Å². The van der Waals surface area contributed by atoms with Crippen LogP contribution in [0.2, 0.25) is 0 Å². The molecule has 166 valence electrons. The zero-order valence-electron chi connectivity index (χ0n) is 18.6. The standard InChI is InChI=1S/C27H36N2O2/c1-3-8-23(9-4-1)31-24-12-10-22(11-13-24)18-29-19-25-26(20-29)27(25)21-30-17-7-16-28-14-5-2-6-15-28/h1,3-4,8-13,25-27H,2,5-7,14-21H2/t25-,26+,27+. The zero-order chi connectivity index (χ0) is 20.9. The van der Waals surface area contributed by atoms with Gasteiger partial charge in [-0.3, -0.25) is 4.90 Å². The molecule has 0 aromatic heterocycles. The third kappa shape index (κ3) is 5.68. The monoisotopic (exact) mass is 420 g/mol. The number of benzene rings is 2. The molecular formula is C27H36N2O2. The lowest BCUT2D eigenvalue weighted by Gasteiger charge is -2.26. The zero-order valence-corrected chi connectivity index (χ0v) is 18.6. The van der Waals surface area contributed by atoms with Gasteiger partial charge in [0.15, 0.2) is 0 Å². The predicted octanol–water partition coefficient (Wildman–Crippen LogP) is 5.05. The molecule has 0 amide bonds. The Morgan fingerprint density at radius 1 is 0.774 bits per heavy atom. The highest BCUT2D eigenvalue weighted by molar-refractivity contribution is 5.33. The molecule has 0 radical (unpaired) electrons. The Bertz CT molecular complexity index is 792. The van der Waals surface area contributed by atoms with Gasteiger partial charge in [0, 0.05) is 32.8 Å². The van der Waals surface area contributed by atoms with Gasteiger partial charge < -0.3 is 14.4 Å². The SMILES string of the molecule is c1ccc(Oc2ccc(CN3C[C@@H]4[C@@H](COCCCN5CCCCC5)[C@@H]4C3)cc2)cc1. The van der Waals surface area contributed by atoms with Crippen molar-refractivity contribution in [2.75, 3.05) is 45.9 Å². The Morgan fingerprint density at radius 2 is 1.48 bits per heavy atom. The minimum absolute atomic E-state index is 0.813. The summed E-state index contributed by atoms with van der Waals surface area (Å²) in [5, 5.41) is 0. The number of nitrogens with zero attached hydrogens (tertiary/aromatic N) is 2. The van der Waals surface area contributed by atoms with E-state index in [1.807, 2.05) is 30.3 Å². The van der Waals surface area contributed by atoms with E-state index < -0.39 is 0 Å². The van der Waals surface area contributed by atoms with Gasteiger partial charge in [-0.25, -0.2) is 0 Å². The third-order valence-corrected chi connectivity index (χ3v) is 7.28. The van der Waals surface area contributed by atoms with Crippen LogP contribution >= 0.6 is 0 Å². The minimum atomic E-state index is 0.813. The summed E-state index contributed by atoms with van der Waals surface area (Å²) in [6, 6.07) is 18.5. The maximum atomic E-state index is 6.04. The molecule has 3 fully saturated rings. The summed E-state index contributed by atoms with van der Waals surface area (Å²) in [5.41, 5.74) is 1.37. The van der Waals surface area contributed by atoms with Gasteiger partial charge in [0.05, 0.1) is 6.61 Å². The summed E-state index contributed by atoms with van der Waals surface area (Å²) in [6.45, 7) is 9.24. The lowest BCUT2D eigenvalue weighted by Crippen LogP contribution is -2.31. The molecule has 0 unspecified atom stereocenters. The van der Waals surface area contributed by atoms with E-state index in [0.717, 1.165) is 49.0 Å². The number of piperidine rings is 2. The molecule has 2 aromatic carbocycles. The van der Waals surface area contributed by atoms with Crippen molar-refractivity contribution in [2.45, 2.75) is 32.2 Å². The second-order valence-corrected chi connectivity index (χ2v) is 9.58. The van der Waals surface area contributed by atoms with Gasteiger partial charge in [0.2, 0.25) is 0 Å². The smallest absolute Gasteiger partial charge is 0.127 e. The van der Waals surface area contributed by atoms with Crippen LogP contribution in [0.5, 0.6) is 11.5 Å². The Balaban J connectivity index is 0.968. The van der Waals surface area contributed by atoms with Gasteiger partial charge in [0.1, 0.15) is 11.5 Å². The molecule has 3 aliphatic rings. The van der Waals surface area contributed by atoms with Gasteiger partial charge in [-0.15, -0.1) is 0 Å². The minimum Gasteiger partial charge on any atom is -0.457 e. The normalized spacial score (nSPS) is 26.0. The van der Waals surface area contributed by atoms with Gasteiger partial charge in [0.25, 0.3) is 0 Å². The molecule has 2 aliphatic heterocycles. The highest BCUT2D eigenvalue weighted by Crippen LogP contribution is 2.52. The molecule has 1 saturated carbocycles. The topological polar surface area (TPSA) is 24.9 Å². The van der Waals surface area contributed by atoms with Crippen LogP contribution in [-0.4, -0.2) is 55.7 Å². The number of para-hydroxylation sites is 1.